The van der Waals surface area contributed by atoms with Gasteiger partial charge in [0.1, 0.15) is 0 Å². The Morgan fingerprint density at radius 1 is 0.875 bits per heavy atom. The quantitative estimate of drug-likeness (QED) is 0.464. The first kappa shape index (κ1) is 13.1. The number of aliphatic hydroxyl groups is 2. The largest absolute Gasteiger partial charge is 0.395 e. The lowest BCUT2D eigenvalue weighted by Crippen LogP contribution is -2.19. The Kier molecular flexibility index (Phi) is 6.76. The second kappa shape index (κ2) is 8.24. The van der Waals surface area contributed by atoms with Crippen molar-refractivity contribution in [3.05, 3.63) is 35.4 Å². The minimum absolute atomic E-state index is 0.164. The fraction of sp³-hybridized carbons (Fsp3) is 0.500. The maximum absolute atomic E-state index is 8.65. The van der Waals surface area contributed by atoms with E-state index in [0.29, 0.717) is 13.1 Å². The minimum Gasteiger partial charge on any atom is -0.395 e. The summed E-state index contributed by atoms with van der Waals surface area (Å²) in [6.07, 6.45) is 0. The number of hydrogen-bond donors (Lipinski definition) is 4. The molecule has 0 bridgehead atoms. The second-order valence-electron chi connectivity index (χ2n) is 3.62. The van der Waals surface area contributed by atoms with Gasteiger partial charge in [-0.2, -0.15) is 0 Å². The van der Waals surface area contributed by atoms with E-state index in [9.17, 15) is 0 Å². The monoisotopic (exact) mass is 224 g/mol. The van der Waals surface area contributed by atoms with E-state index < -0.39 is 0 Å². The first-order chi connectivity index (χ1) is 7.86. The molecule has 1 rings (SSSR count). The number of aliphatic hydroxyl groups excluding tert-OH is 2. The average Bonchev–Trinajstić information content (AvgIpc) is 2.30. The Morgan fingerprint density at radius 3 is 1.81 bits per heavy atom. The molecule has 0 saturated heterocycles. The Morgan fingerprint density at radius 2 is 1.38 bits per heavy atom. The van der Waals surface area contributed by atoms with Crippen molar-refractivity contribution in [3.8, 4) is 0 Å². The molecule has 1 aromatic carbocycles. The van der Waals surface area contributed by atoms with Crippen LogP contribution in [0.4, 0.5) is 0 Å². The molecule has 0 aliphatic heterocycles. The van der Waals surface area contributed by atoms with Crippen molar-refractivity contribution >= 4 is 0 Å². The van der Waals surface area contributed by atoms with Gasteiger partial charge in [-0.15, -0.1) is 0 Å². The van der Waals surface area contributed by atoms with Gasteiger partial charge in [0.15, 0.2) is 0 Å². The van der Waals surface area contributed by atoms with E-state index in [0.717, 1.165) is 13.1 Å². The standard InChI is InChI=1S/C12H20N2O2/c15-6-4-13-9-11-2-1-3-12(8-11)10-14-5-7-16/h1-3,8,13-16H,4-7,9-10H2. The summed E-state index contributed by atoms with van der Waals surface area (Å²) in [4.78, 5) is 0. The number of benzene rings is 1. The van der Waals surface area contributed by atoms with Crippen LogP contribution in [0.2, 0.25) is 0 Å². The topological polar surface area (TPSA) is 64.5 Å². The molecule has 0 amide bonds. The SMILES string of the molecule is OCCNCc1cccc(CNCCO)c1. The summed E-state index contributed by atoms with van der Waals surface area (Å²) >= 11 is 0. The highest BCUT2D eigenvalue weighted by molar-refractivity contribution is 5.23. The van der Waals surface area contributed by atoms with Crippen molar-refractivity contribution < 1.29 is 10.2 Å². The summed E-state index contributed by atoms with van der Waals surface area (Å²) in [7, 11) is 0. The average molecular weight is 224 g/mol. The first-order valence-corrected chi connectivity index (χ1v) is 5.58. The van der Waals surface area contributed by atoms with Crippen molar-refractivity contribution in [3.63, 3.8) is 0 Å². The minimum atomic E-state index is 0.164. The van der Waals surface area contributed by atoms with Crippen LogP contribution < -0.4 is 10.6 Å². The third-order valence-corrected chi connectivity index (χ3v) is 2.23. The molecule has 0 unspecified atom stereocenters. The molecule has 0 atom stereocenters. The van der Waals surface area contributed by atoms with Crippen LogP contribution in [0, 0.1) is 0 Å². The van der Waals surface area contributed by atoms with Crippen LogP contribution in [0.3, 0.4) is 0 Å². The van der Waals surface area contributed by atoms with Crippen LogP contribution in [0.1, 0.15) is 11.1 Å². The summed E-state index contributed by atoms with van der Waals surface area (Å²) in [5, 5.41) is 23.6. The zero-order valence-electron chi connectivity index (χ0n) is 9.45. The van der Waals surface area contributed by atoms with Gasteiger partial charge in [-0.1, -0.05) is 24.3 Å². The highest BCUT2D eigenvalue weighted by Crippen LogP contribution is 2.04. The summed E-state index contributed by atoms with van der Waals surface area (Å²) < 4.78 is 0. The molecule has 16 heavy (non-hydrogen) atoms. The highest BCUT2D eigenvalue weighted by Gasteiger charge is 1.95. The molecule has 0 heterocycles. The highest BCUT2D eigenvalue weighted by atomic mass is 16.3. The van der Waals surface area contributed by atoms with Gasteiger partial charge in [0.2, 0.25) is 0 Å². The third kappa shape index (κ3) is 5.23. The number of rotatable bonds is 8. The fourth-order valence-electron chi connectivity index (χ4n) is 1.47. The summed E-state index contributed by atoms with van der Waals surface area (Å²) in [6, 6.07) is 8.25. The lowest BCUT2D eigenvalue weighted by atomic mass is 10.1. The molecule has 0 aromatic heterocycles. The van der Waals surface area contributed by atoms with E-state index >= 15 is 0 Å². The van der Waals surface area contributed by atoms with E-state index in [-0.39, 0.29) is 13.2 Å². The van der Waals surface area contributed by atoms with Crippen LogP contribution in [-0.4, -0.2) is 36.5 Å². The third-order valence-electron chi connectivity index (χ3n) is 2.23. The van der Waals surface area contributed by atoms with Gasteiger partial charge in [-0.05, 0) is 11.1 Å². The summed E-state index contributed by atoms with van der Waals surface area (Å²) in [5.41, 5.74) is 2.41. The van der Waals surface area contributed by atoms with Gasteiger partial charge in [0.25, 0.3) is 0 Å². The van der Waals surface area contributed by atoms with Crippen molar-refractivity contribution in [2.24, 2.45) is 0 Å². The molecule has 0 aliphatic carbocycles. The predicted molar refractivity (Wildman–Crippen MR) is 64.0 cm³/mol. The summed E-state index contributed by atoms with van der Waals surface area (Å²) in [6.45, 7) is 3.11. The van der Waals surface area contributed by atoms with Crippen molar-refractivity contribution in [1.29, 1.82) is 0 Å². The smallest absolute Gasteiger partial charge is 0.0556 e. The van der Waals surface area contributed by atoms with Crippen molar-refractivity contribution in [1.82, 2.24) is 10.6 Å². The molecule has 4 N–H and O–H groups in total. The summed E-state index contributed by atoms with van der Waals surface area (Å²) in [5.74, 6) is 0. The first-order valence-electron chi connectivity index (χ1n) is 5.58. The molecule has 4 nitrogen and oxygen atoms in total. The van der Waals surface area contributed by atoms with E-state index in [2.05, 4.69) is 28.8 Å². The van der Waals surface area contributed by atoms with Crippen LogP contribution in [0.15, 0.2) is 24.3 Å². The lowest BCUT2D eigenvalue weighted by molar-refractivity contribution is 0.292. The Balaban J connectivity index is 2.37. The van der Waals surface area contributed by atoms with E-state index in [1.165, 1.54) is 11.1 Å². The molecule has 0 aliphatic rings. The molecule has 0 saturated carbocycles. The Hall–Kier alpha value is -0.940. The van der Waals surface area contributed by atoms with Crippen molar-refractivity contribution in [2.75, 3.05) is 26.3 Å². The van der Waals surface area contributed by atoms with E-state index in [1.54, 1.807) is 0 Å². The second-order valence-corrected chi connectivity index (χ2v) is 3.62. The van der Waals surface area contributed by atoms with Gasteiger partial charge in [-0.25, -0.2) is 0 Å². The molecule has 0 spiro atoms. The van der Waals surface area contributed by atoms with Crippen LogP contribution in [-0.2, 0) is 13.1 Å². The molecule has 90 valence electrons. The molecule has 4 heteroatoms. The Bertz CT molecular complexity index is 267. The van der Waals surface area contributed by atoms with Gasteiger partial charge < -0.3 is 20.8 Å². The zero-order chi connectivity index (χ0) is 11.6. The maximum Gasteiger partial charge on any atom is 0.0556 e. The molecule has 1 aromatic rings. The van der Waals surface area contributed by atoms with Crippen molar-refractivity contribution in [2.45, 2.75) is 13.1 Å². The van der Waals surface area contributed by atoms with Crippen LogP contribution in [0.25, 0.3) is 0 Å². The maximum atomic E-state index is 8.65. The van der Waals surface area contributed by atoms with Crippen LogP contribution in [0.5, 0.6) is 0 Å². The van der Waals surface area contributed by atoms with E-state index in [4.69, 9.17) is 10.2 Å². The lowest BCUT2D eigenvalue weighted by Gasteiger charge is -2.07. The van der Waals surface area contributed by atoms with Gasteiger partial charge in [0.05, 0.1) is 13.2 Å². The predicted octanol–water partition coefficient (Wildman–Crippen LogP) is -0.150. The van der Waals surface area contributed by atoms with Gasteiger partial charge in [-0.3, -0.25) is 0 Å². The van der Waals surface area contributed by atoms with Gasteiger partial charge in [0, 0.05) is 26.2 Å². The van der Waals surface area contributed by atoms with Gasteiger partial charge >= 0.3 is 0 Å². The normalized spacial score (nSPS) is 10.6. The number of hydrogen-bond acceptors (Lipinski definition) is 4. The van der Waals surface area contributed by atoms with Crippen LogP contribution >= 0.6 is 0 Å². The fourth-order valence-corrected chi connectivity index (χ4v) is 1.47. The Labute approximate surface area is 96.3 Å². The zero-order valence-corrected chi connectivity index (χ0v) is 9.45. The molecular formula is C12H20N2O2. The molecular weight excluding hydrogens is 204 g/mol. The molecule has 0 fully saturated rings. The molecule has 0 radical (unpaired) electrons. The van der Waals surface area contributed by atoms with E-state index in [1.807, 2.05) is 6.07 Å². The number of nitrogens with one attached hydrogen (secondary N) is 2.